The molecule has 0 radical (unpaired) electrons. The van der Waals surface area contributed by atoms with Gasteiger partial charge in [-0.05, 0) is 61.4 Å². The molecule has 0 saturated carbocycles. The van der Waals surface area contributed by atoms with Gasteiger partial charge in [0.2, 0.25) is 11.8 Å². The van der Waals surface area contributed by atoms with Crippen LogP contribution >= 0.6 is 0 Å². The maximum Gasteiger partial charge on any atom is 0.264 e. The van der Waals surface area contributed by atoms with Crippen LogP contribution in [0, 0.1) is 12.7 Å². The number of likely N-dealkylation sites (N-methyl/N-ethyl adjacent to an activating group) is 1. The van der Waals surface area contributed by atoms with Crippen LogP contribution in [-0.4, -0.2) is 44.3 Å². The standard InChI is InChI=1S/C33H34FN3O4S/c1-3-35-33(39)31(22-26-10-6-4-7-11-26)36(23-27-12-8-5-9-13-27)32(38)24-37(29-18-14-25(2)15-19-29)42(40,41)30-20-16-28(34)17-21-30/h4-21,31H,3,22-24H2,1-2H3,(H,35,39). The number of nitrogens with zero attached hydrogens (tertiary/aromatic N) is 2. The van der Waals surface area contributed by atoms with Crippen LogP contribution in [0.1, 0.15) is 23.6 Å². The summed E-state index contributed by atoms with van der Waals surface area (Å²) in [7, 11) is -4.28. The summed E-state index contributed by atoms with van der Waals surface area (Å²) in [5, 5.41) is 2.84. The van der Waals surface area contributed by atoms with Crippen LogP contribution in [0.5, 0.6) is 0 Å². The van der Waals surface area contributed by atoms with Crippen LogP contribution in [0.4, 0.5) is 10.1 Å². The number of carbonyl (C=O) groups is 2. The van der Waals surface area contributed by atoms with Crippen molar-refractivity contribution in [2.75, 3.05) is 17.4 Å². The van der Waals surface area contributed by atoms with Gasteiger partial charge in [0.15, 0.2) is 0 Å². The number of benzene rings is 4. The van der Waals surface area contributed by atoms with E-state index in [1.165, 1.54) is 17.0 Å². The first kappa shape index (κ1) is 30.5. The lowest BCUT2D eigenvalue weighted by atomic mass is 10.0. The number of halogens is 1. The largest absolute Gasteiger partial charge is 0.355 e. The van der Waals surface area contributed by atoms with Gasteiger partial charge >= 0.3 is 0 Å². The maximum atomic E-state index is 14.3. The highest BCUT2D eigenvalue weighted by molar-refractivity contribution is 7.92. The normalized spacial score (nSPS) is 11.9. The maximum absolute atomic E-state index is 14.3. The second-order valence-electron chi connectivity index (χ2n) is 9.91. The van der Waals surface area contributed by atoms with Gasteiger partial charge in [0, 0.05) is 19.5 Å². The van der Waals surface area contributed by atoms with Gasteiger partial charge in [0.05, 0.1) is 10.6 Å². The summed E-state index contributed by atoms with van der Waals surface area (Å²) in [6.07, 6.45) is 0.237. The first-order valence-electron chi connectivity index (χ1n) is 13.7. The Bertz CT molecular complexity index is 1580. The summed E-state index contributed by atoms with van der Waals surface area (Å²) in [6.45, 7) is 3.56. The van der Waals surface area contributed by atoms with Crippen LogP contribution in [0.3, 0.4) is 0 Å². The van der Waals surface area contributed by atoms with Crippen molar-refractivity contribution in [3.63, 3.8) is 0 Å². The third kappa shape index (κ3) is 7.61. The molecule has 1 N–H and O–H groups in total. The minimum atomic E-state index is -4.28. The average Bonchev–Trinajstić information content (AvgIpc) is 2.99. The number of aryl methyl sites for hydroxylation is 1. The number of rotatable bonds is 12. The Labute approximate surface area is 246 Å². The summed E-state index contributed by atoms with van der Waals surface area (Å²) < 4.78 is 42.5. The molecule has 4 aromatic carbocycles. The molecule has 0 aliphatic rings. The molecule has 7 nitrogen and oxygen atoms in total. The van der Waals surface area contributed by atoms with E-state index in [-0.39, 0.29) is 29.5 Å². The number of carbonyl (C=O) groups excluding carboxylic acids is 2. The lowest BCUT2D eigenvalue weighted by Gasteiger charge is -2.33. The molecule has 9 heteroatoms. The minimum absolute atomic E-state index is 0.0899. The quantitative estimate of drug-likeness (QED) is 0.250. The van der Waals surface area contributed by atoms with Gasteiger partial charge in [0.25, 0.3) is 10.0 Å². The molecular formula is C33H34FN3O4S. The van der Waals surface area contributed by atoms with E-state index in [1.807, 2.05) is 67.6 Å². The van der Waals surface area contributed by atoms with Crippen molar-refractivity contribution in [1.82, 2.24) is 10.2 Å². The lowest BCUT2D eigenvalue weighted by molar-refractivity contribution is -0.140. The molecule has 0 spiro atoms. The predicted molar refractivity (Wildman–Crippen MR) is 162 cm³/mol. The molecule has 0 bridgehead atoms. The number of amides is 2. The molecular weight excluding hydrogens is 553 g/mol. The molecule has 0 saturated heterocycles. The van der Waals surface area contributed by atoms with Crippen molar-refractivity contribution in [3.8, 4) is 0 Å². The van der Waals surface area contributed by atoms with Crippen molar-refractivity contribution < 1.29 is 22.4 Å². The molecule has 1 unspecified atom stereocenters. The Balaban J connectivity index is 1.77. The van der Waals surface area contributed by atoms with Gasteiger partial charge in [0.1, 0.15) is 18.4 Å². The van der Waals surface area contributed by atoms with Gasteiger partial charge in [-0.3, -0.25) is 13.9 Å². The second-order valence-corrected chi connectivity index (χ2v) is 11.8. The zero-order valence-electron chi connectivity index (χ0n) is 23.6. The highest BCUT2D eigenvalue weighted by atomic mass is 32.2. The number of hydrogen-bond acceptors (Lipinski definition) is 4. The molecule has 0 heterocycles. The molecule has 1 atom stereocenters. The first-order valence-corrected chi connectivity index (χ1v) is 15.1. The number of hydrogen-bond donors (Lipinski definition) is 1. The van der Waals surface area contributed by atoms with E-state index < -0.39 is 34.3 Å². The average molecular weight is 588 g/mol. The monoisotopic (exact) mass is 587 g/mol. The van der Waals surface area contributed by atoms with Crippen LogP contribution in [0.25, 0.3) is 0 Å². The fourth-order valence-electron chi connectivity index (χ4n) is 4.60. The van der Waals surface area contributed by atoms with Gasteiger partial charge in [-0.25, -0.2) is 12.8 Å². The first-order chi connectivity index (χ1) is 20.2. The van der Waals surface area contributed by atoms with E-state index in [0.29, 0.717) is 6.54 Å². The van der Waals surface area contributed by atoms with Crippen molar-refractivity contribution in [1.29, 1.82) is 0 Å². The number of anilines is 1. The number of nitrogens with one attached hydrogen (secondary N) is 1. The van der Waals surface area contributed by atoms with Crippen LogP contribution < -0.4 is 9.62 Å². The third-order valence-corrected chi connectivity index (χ3v) is 8.61. The summed E-state index contributed by atoms with van der Waals surface area (Å²) in [6, 6.07) is 28.9. The van der Waals surface area contributed by atoms with E-state index in [1.54, 1.807) is 31.2 Å². The highest BCUT2D eigenvalue weighted by Crippen LogP contribution is 2.25. The molecule has 42 heavy (non-hydrogen) atoms. The fraction of sp³-hybridized carbons (Fsp3) is 0.212. The highest BCUT2D eigenvalue weighted by Gasteiger charge is 2.34. The molecule has 0 fully saturated rings. The van der Waals surface area contributed by atoms with E-state index in [2.05, 4.69) is 5.32 Å². The molecule has 0 aromatic heterocycles. The topological polar surface area (TPSA) is 86.8 Å². The fourth-order valence-corrected chi connectivity index (χ4v) is 6.01. The molecule has 4 rings (SSSR count). The second kappa shape index (κ2) is 13.9. The molecule has 0 aliphatic carbocycles. The summed E-state index contributed by atoms with van der Waals surface area (Å²) in [5.74, 6) is -1.47. The lowest BCUT2D eigenvalue weighted by Crippen LogP contribution is -2.53. The summed E-state index contributed by atoms with van der Waals surface area (Å²) in [4.78, 5) is 29.0. The number of sulfonamides is 1. The van der Waals surface area contributed by atoms with Gasteiger partial charge < -0.3 is 10.2 Å². The molecule has 2 amide bonds. The summed E-state index contributed by atoms with van der Waals surface area (Å²) >= 11 is 0. The molecule has 0 aliphatic heterocycles. The van der Waals surface area contributed by atoms with Crippen LogP contribution in [0.2, 0.25) is 0 Å². The smallest absolute Gasteiger partial charge is 0.264 e. The van der Waals surface area contributed by atoms with E-state index in [9.17, 15) is 22.4 Å². The van der Waals surface area contributed by atoms with Crippen LogP contribution in [-0.2, 0) is 32.6 Å². The summed E-state index contributed by atoms with van der Waals surface area (Å²) in [5.41, 5.74) is 2.83. The van der Waals surface area contributed by atoms with E-state index in [0.717, 1.165) is 33.1 Å². The Morgan fingerprint density at radius 2 is 1.38 bits per heavy atom. The Morgan fingerprint density at radius 3 is 1.95 bits per heavy atom. The van der Waals surface area contributed by atoms with Crippen molar-refractivity contribution in [2.24, 2.45) is 0 Å². The minimum Gasteiger partial charge on any atom is -0.355 e. The Hall–Kier alpha value is -4.50. The predicted octanol–water partition coefficient (Wildman–Crippen LogP) is 5.11. The van der Waals surface area contributed by atoms with Crippen molar-refractivity contribution in [3.05, 3.63) is 132 Å². The van der Waals surface area contributed by atoms with Gasteiger partial charge in [-0.15, -0.1) is 0 Å². The molecule has 4 aromatic rings. The van der Waals surface area contributed by atoms with Gasteiger partial charge in [-0.1, -0.05) is 78.4 Å². The SMILES string of the molecule is CCNC(=O)C(Cc1ccccc1)N(Cc1ccccc1)C(=O)CN(c1ccc(C)cc1)S(=O)(=O)c1ccc(F)cc1. The molecule has 218 valence electrons. The van der Waals surface area contributed by atoms with Crippen LogP contribution in [0.15, 0.2) is 114 Å². The Morgan fingerprint density at radius 1 is 0.810 bits per heavy atom. The van der Waals surface area contributed by atoms with Crippen molar-refractivity contribution >= 4 is 27.5 Å². The zero-order chi connectivity index (χ0) is 30.1. The van der Waals surface area contributed by atoms with E-state index in [4.69, 9.17) is 0 Å². The Kier molecular flexibility index (Phi) is 10.1. The third-order valence-electron chi connectivity index (χ3n) is 6.82. The van der Waals surface area contributed by atoms with Gasteiger partial charge in [-0.2, -0.15) is 0 Å². The zero-order valence-corrected chi connectivity index (χ0v) is 24.4. The van der Waals surface area contributed by atoms with E-state index >= 15 is 0 Å². The van der Waals surface area contributed by atoms with Crippen molar-refractivity contribution in [2.45, 2.75) is 37.8 Å².